The highest BCUT2D eigenvalue weighted by atomic mass is 15.1. The van der Waals surface area contributed by atoms with E-state index in [9.17, 15) is 0 Å². The van der Waals surface area contributed by atoms with Gasteiger partial charge in [0, 0.05) is 6.04 Å². The Kier molecular flexibility index (Phi) is 6.12. The number of aryl methyl sites for hydroxylation is 2. The zero-order chi connectivity index (χ0) is 12.7. The molecule has 3 nitrogen and oxygen atoms in total. The van der Waals surface area contributed by atoms with Gasteiger partial charge in [0.2, 0.25) is 0 Å². The van der Waals surface area contributed by atoms with Crippen molar-refractivity contribution in [2.75, 3.05) is 6.54 Å². The summed E-state index contributed by atoms with van der Waals surface area (Å²) in [6.07, 6.45) is 4.63. The lowest BCUT2D eigenvalue weighted by Crippen LogP contribution is -2.23. The van der Waals surface area contributed by atoms with Gasteiger partial charge in [-0.25, -0.2) is 0 Å². The minimum atomic E-state index is 0.434. The van der Waals surface area contributed by atoms with Crippen LogP contribution in [0, 0.1) is 6.92 Å². The normalized spacial score (nSPS) is 12.7. The lowest BCUT2D eigenvalue weighted by molar-refractivity contribution is 0.488. The van der Waals surface area contributed by atoms with Crippen LogP contribution in [-0.2, 0) is 6.42 Å². The van der Waals surface area contributed by atoms with E-state index in [1.54, 1.807) is 0 Å². The predicted molar refractivity (Wildman–Crippen MR) is 72.1 cm³/mol. The van der Waals surface area contributed by atoms with Crippen LogP contribution >= 0.6 is 0 Å². The van der Waals surface area contributed by atoms with Gasteiger partial charge in [-0.1, -0.05) is 33.6 Å². The van der Waals surface area contributed by atoms with E-state index in [4.69, 9.17) is 0 Å². The van der Waals surface area contributed by atoms with Crippen molar-refractivity contribution in [3.63, 3.8) is 0 Å². The van der Waals surface area contributed by atoms with Gasteiger partial charge in [0.25, 0.3) is 0 Å². The molecule has 0 radical (unpaired) electrons. The molecule has 3 heteroatoms. The van der Waals surface area contributed by atoms with E-state index in [-0.39, 0.29) is 0 Å². The van der Waals surface area contributed by atoms with Crippen LogP contribution in [0.4, 0.5) is 0 Å². The molecule has 96 valence electrons. The highest BCUT2D eigenvalue weighted by Crippen LogP contribution is 2.22. The van der Waals surface area contributed by atoms with Crippen LogP contribution in [-0.4, -0.2) is 16.7 Å². The van der Waals surface area contributed by atoms with Crippen molar-refractivity contribution in [3.8, 4) is 0 Å². The summed E-state index contributed by atoms with van der Waals surface area (Å²) in [5, 5.41) is 12.0. The molecular formula is C14H25N3. The summed E-state index contributed by atoms with van der Waals surface area (Å²) < 4.78 is 0. The topological polar surface area (TPSA) is 37.8 Å². The number of rotatable bonds is 7. The summed E-state index contributed by atoms with van der Waals surface area (Å²) in [5.74, 6) is 0. The maximum Gasteiger partial charge on any atom is 0.0676 e. The van der Waals surface area contributed by atoms with E-state index < -0.39 is 0 Å². The van der Waals surface area contributed by atoms with Gasteiger partial charge in [0.05, 0.1) is 11.4 Å². The highest BCUT2D eigenvalue weighted by molar-refractivity contribution is 5.24. The van der Waals surface area contributed by atoms with Crippen LogP contribution in [0.25, 0.3) is 0 Å². The van der Waals surface area contributed by atoms with Crippen LogP contribution in [0.1, 0.15) is 63.0 Å². The molecule has 0 bridgehead atoms. The first-order valence-corrected chi connectivity index (χ1v) is 6.79. The third-order valence-corrected chi connectivity index (χ3v) is 3.03. The number of hydrogen-bond donors (Lipinski definition) is 1. The Hall–Kier alpha value is -0.960. The first kappa shape index (κ1) is 14.1. The fourth-order valence-electron chi connectivity index (χ4n) is 2.13. The summed E-state index contributed by atoms with van der Waals surface area (Å²) in [7, 11) is 0. The minimum Gasteiger partial charge on any atom is -0.310 e. The van der Waals surface area contributed by atoms with Crippen molar-refractivity contribution < 1.29 is 0 Å². The fraction of sp³-hybridized carbons (Fsp3) is 0.714. The van der Waals surface area contributed by atoms with E-state index >= 15 is 0 Å². The molecular weight excluding hydrogens is 210 g/mol. The Morgan fingerprint density at radius 1 is 1.24 bits per heavy atom. The van der Waals surface area contributed by atoms with Crippen molar-refractivity contribution in [2.24, 2.45) is 0 Å². The lowest BCUT2D eigenvalue weighted by Gasteiger charge is -2.20. The van der Waals surface area contributed by atoms with Crippen molar-refractivity contribution in [1.29, 1.82) is 0 Å². The molecule has 1 N–H and O–H groups in total. The summed E-state index contributed by atoms with van der Waals surface area (Å²) >= 11 is 0. The molecule has 1 unspecified atom stereocenters. The monoisotopic (exact) mass is 235 g/mol. The molecule has 1 aromatic heterocycles. The first-order valence-electron chi connectivity index (χ1n) is 6.79. The Bertz CT molecular complexity index is 336. The van der Waals surface area contributed by atoms with Gasteiger partial charge < -0.3 is 5.32 Å². The smallest absolute Gasteiger partial charge is 0.0676 e. The maximum atomic E-state index is 4.32. The van der Waals surface area contributed by atoms with Gasteiger partial charge in [-0.05, 0) is 37.9 Å². The summed E-state index contributed by atoms with van der Waals surface area (Å²) in [5.41, 5.74) is 3.49. The number of aromatic nitrogens is 2. The Morgan fingerprint density at radius 2 is 2.00 bits per heavy atom. The van der Waals surface area contributed by atoms with Crippen LogP contribution in [0.5, 0.6) is 0 Å². The van der Waals surface area contributed by atoms with Gasteiger partial charge >= 0.3 is 0 Å². The molecule has 1 atom stereocenters. The summed E-state index contributed by atoms with van der Waals surface area (Å²) in [6, 6.07) is 2.62. The number of unbranched alkanes of at least 4 members (excludes halogenated alkanes) is 1. The second-order valence-corrected chi connectivity index (χ2v) is 4.49. The highest BCUT2D eigenvalue weighted by Gasteiger charge is 2.15. The number of nitrogens with one attached hydrogen (secondary N) is 1. The van der Waals surface area contributed by atoms with Gasteiger partial charge in [-0.2, -0.15) is 10.2 Å². The molecule has 1 heterocycles. The van der Waals surface area contributed by atoms with E-state index in [1.165, 1.54) is 24.8 Å². The molecule has 0 aliphatic carbocycles. The first-order chi connectivity index (χ1) is 8.22. The molecule has 0 spiro atoms. The molecule has 0 aliphatic heterocycles. The van der Waals surface area contributed by atoms with Crippen molar-refractivity contribution in [2.45, 2.75) is 59.4 Å². The van der Waals surface area contributed by atoms with Gasteiger partial charge in [-0.3, -0.25) is 0 Å². The van der Waals surface area contributed by atoms with E-state index in [0.717, 1.165) is 24.4 Å². The number of hydrogen-bond acceptors (Lipinski definition) is 3. The molecule has 17 heavy (non-hydrogen) atoms. The molecule has 0 aromatic carbocycles. The SMILES string of the molecule is CCCCC(NCC)c1cc(C)nnc1CC. The van der Waals surface area contributed by atoms with Gasteiger partial charge in [0.1, 0.15) is 0 Å². The van der Waals surface area contributed by atoms with E-state index in [0.29, 0.717) is 6.04 Å². The zero-order valence-corrected chi connectivity index (χ0v) is 11.6. The molecule has 0 amide bonds. The third-order valence-electron chi connectivity index (χ3n) is 3.03. The Balaban J connectivity index is 2.93. The second kappa shape index (κ2) is 7.38. The number of nitrogens with zero attached hydrogens (tertiary/aromatic N) is 2. The molecule has 0 aliphatic rings. The third kappa shape index (κ3) is 4.08. The summed E-state index contributed by atoms with van der Waals surface area (Å²) in [6.45, 7) is 9.55. The molecule has 1 aromatic rings. The minimum absolute atomic E-state index is 0.434. The van der Waals surface area contributed by atoms with Gasteiger partial charge in [0.15, 0.2) is 0 Å². The fourth-order valence-corrected chi connectivity index (χ4v) is 2.13. The Labute approximate surface area is 105 Å². The van der Waals surface area contributed by atoms with Crippen LogP contribution in [0.3, 0.4) is 0 Å². The van der Waals surface area contributed by atoms with Crippen LogP contribution in [0.15, 0.2) is 6.07 Å². The van der Waals surface area contributed by atoms with Crippen molar-refractivity contribution in [3.05, 3.63) is 23.0 Å². The Morgan fingerprint density at radius 3 is 2.59 bits per heavy atom. The molecule has 1 rings (SSSR count). The van der Waals surface area contributed by atoms with Crippen LogP contribution in [0.2, 0.25) is 0 Å². The average Bonchev–Trinajstić information content (AvgIpc) is 2.34. The van der Waals surface area contributed by atoms with Crippen molar-refractivity contribution >= 4 is 0 Å². The predicted octanol–water partition coefficient (Wildman–Crippen LogP) is 3.19. The quantitative estimate of drug-likeness (QED) is 0.788. The van der Waals surface area contributed by atoms with Gasteiger partial charge in [-0.15, -0.1) is 0 Å². The maximum absolute atomic E-state index is 4.32. The largest absolute Gasteiger partial charge is 0.310 e. The average molecular weight is 235 g/mol. The van der Waals surface area contributed by atoms with Crippen LogP contribution < -0.4 is 5.32 Å². The summed E-state index contributed by atoms with van der Waals surface area (Å²) in [4.78, 5) is 0. The molecule has 0 fully saturated rings. The van der Waals surface area contributed by atoms with Crippen molar-refractivity contribution in [1.82, 2.24) is 15.5 Å². The second-order valence-electron chi connectivity index (χ2n) is 4.49. The lowest BCUT2D eigenvalue weighted by atomic mass is 9.98. The standard InChI is InChI=1S/C14H25N3/c1-5-8-9-14(15-7-3)12-10-11(4)16-17-13(12)6-2/h10,14-15H,5-9H2,1-4H3. The van der Waals surface area contributed by atoms with E-state index in [2.05, 4.69) is 42.4 Å². The van der Waals surface area contributed by atoms with E-state index in [1.807, 2.05) is 6.92 Å². The zero-order valence-electron chi connectivity index (χ0n) is 11.6. The molecule has 0 saturated carbocycles. The molecule has 0 saturated heterocycles.